The van der Waals surface area contributed by atoms with Gasteiger partial charge < -0.3 is 5.32 Å². The van der Waals surface area contributed by atoms with Gasteiger partial charge in [-0.15, -0.1) is 5.10 Å². The Morgan fingerprint density at radius 3 is 2.46 bits per heavy atom. The Labute approximate surface area is 149 Å². The van der Waals surface area contributed by atoms with Gasteiger partial charge in [0, 0.05) is 15.7 Å². The maximum Gasteiger partial charge on any atom is 0.278 e. The van der Waals surface area contributed by atoms with E-state index in [2.05, 4.69) is 15.6 Å². The molecule has 0 saturated heterocycles. The van der Waals surface area contributed by atoms with Crippen LogP contribution in [0.4, 0.5) is 5.69 Å². The van der Waals surface area contributed by atoms with Gasteiger partial charge in [-0.2, -0.15) is 0 Å². The van der Waals surface area contributed by atoms with E-state index in [-0.39, 0.29) is 11.6 Å². The Morgan fingerprint density at radius 2 is 1.79 bits per heavy atom. The molecule has 1 N–H and O–H groups in total. The SMILES string of the molecule is Cc1c(C(=O)Nc2cc(Cl)cc(Cl)c2)nnn1Cc1ccccc1. The van der Waals surface area contributed by atoms with E-state index in [1.54, 1.807) is 22.9 Å². The summed E-state index contributed by atoms with van der Waals surface area (Å²) in [5, 5.41) is 11.7. The van der Waals surface area contributed by atoms with E-state index < -0.39 is 0 Å². The summed E-state index contributed by atoms with van der Waals surface area (Å²) in [5.41, 5.74) is 2.54. The third-order valence-corrected chi connectivity index (χ3v) is 3.93. The van der Waals surface area contributed by atoms with E-state index in [1.165, 1.54) is 0 Å². The topological polar surface area (TPSA) is 59.8 Å². The summed E-state index contributed by atoms with van der Waals surface area (Å²) < 4.78 is 1.69. The van der Waals surface area contributed by atoms with Gasteiger partial charge in [-0.05, 0) is 30.7 Å². The first-order valence-electron chi connectivity index (χ1n) is 7.24. The second-order valence-corrected chi connectivity index (χ2v) is 6.15. The van der Waals surface area contributed by atoms with Crippen molar-refractivity contribution in [2.45, 2.75) is 13.5 Å². The Balaban J connectivity index is 1.78. The third kappa shape index (κ3) is 3.75. The summed E-state index contributed by atoms with van der Waals surface area (Å²) in [6.45, 7) is 2.36. The molecule has 0 spiro atoms. The quantitative estimate of drug-likeness (QED) is 0.758. The standard InChI is InChI=1S/C17H14Cl2N4O/c1-11-16(17(24)20-15-8-13(18)7-14(19)9-15)21-22-23(11)10-12-5-3-2-4-6-12/h2-9H,10H2,1H3,(H,20,24). The minimum absolute atomic E-state index is 0.266. The molecule has 0 unspecified atom stereocenters. The Bertz CT molecular complexity index is 857. The van der Waals surface area contributed by atoms with Crippen LogP contribution in [0.25, 0.3) is 0 Å². The number of halogens is 2. The van der Waals surface area contributed by atoms with Crippen molar-refractivity contribution in [3.63, 3.8) is 0 Å². The Morgan fingerprint density at radius 1 is 1.12 bits per heavy atom. The summed E-state index contributed by atoms with van der Waals surface area (Å²) in [5.74, 6) is -0.356. The van der Waals surface area contributed by atoms with Gasteiger partial charge in [-0.25, -0.2) is 4.68 Å². The molecular formula is C17H14Cl2N4O. The van der Waals surface area contributed by atoms with Crippen LogP contribution in [0.3, 0.4) is 0 Å². The number of amides is 1. The predicted molar refractivity (Wildman–Crippen MR) is 94.7 cm³/mol. The number of rotatable bonds is 4. The molecule has 3 rings (SSSR count). The van der Waals surface area contributed by atoms with Crippen LogP contribution in [0.1, 0.15) is 21.7 Å². The lowest BCUT2D eigenvalue weighted by atomic mass is 10.2. The van der Waals surface area contributed by atoms with Crippen LogP contribution in [0.2, 0.25) is 10.0 Å². The summed E-state index contributed by atoms with van der Waals surface area (Å²) in [7, 11) is 0. The second-order valence-electron chi connectivity index (χ2n) is 5.28. The molecule has 0 fully saturated rings. The molecule has 1 amide bonds. The maximum absolute atomic E-state index is 12.4. The largest absolute Gasteiger partial charge is 0.320 e. The van der Waals surface area contributed by atoms with Gasteiger partial charge in [0.1, 0.15) is 0 Å². The number of hydrogen-bond acceptors (Lipinski definition) is 3. The van der Waals surface area contributed by atoms with Crippen LogP contribution in [-0.4, -0.2) is 20.9 Å². The van der Waals surface area contributed by atoms with Gasteiger partial charge >= 0.3 is 0 Å². The van der Waals surface area contributed by atoms with Gasteiger partial charge in [0.15, 0.2) is 5.69 Å². The molecule has 122 valence electrons. The van der Waals surface area contributed by atoms with Crippen LogP contribution in [0.5, 0.6) is 0 Å². The Kier molecular flexibility index (Phi) is 4.83. The molecule has 0 aliphatic heterocycles. The van der Waals surface area contributed by atoms with E-state index in [0.717, 1.165) is 5.56 Å². The van der Waals surface area contributed by atoms with E-state index in [0.29, 0.717) is 28.0 Å². The first-order valence-corrected chi connectivity index (χ1v) is 8.00. The molecule has 0 aliphatic rings. The van der Waals surface area contributed by atoms with Crippen molar-refractivity contribution in [3.05, 3.63) is 75.5 Å². The lowest BCUT2D eigenvalue weighted by molar-refractivity contribution is 0.102. The molecule has 0 saturated carbocycles. The number of benzene rings is 2. The van der Waals surface area contributed by atoms with Gasteiger partial charge in [0.05, 0.1) is 12.2 Å². The lowest BCUT2D eigenvalue weighted by Gasteiger charge is -2.06. The third-order valence-electron chi connectivity index (χ3n) is 3.49. The highest BCUT2D eigenvalue weighted by Gasteiger charge is 2.17. The highest BCUT2D eigenvalue weighted by Crippen LogP contribution is 2.23. The molecule has 0 aliphatic carbocycles. The molecule has 1 heterocycles. The first kappa shape index (κ1) is 16.5. The van der Waals surface area contributed by atoms with Gasteiger partial charge in [-0.3, -0.25) is 4.79 Å². The van der Waals surface area contributed by atoms with E-state index in [4.69, 9.17) is 23.2 Å². The number of carbonyl (C=O) groups excluding carboxylic acids is 1. The van der Waals surface area contributed by atoms with Crippen molar-refractivity contribution in [2.75, 3.05) is 5.32 Å². The van der Waals surface area contributed by atoms with Crippen LogP contribution < -0.4 is 5.32 Å². The molecule has 7 heteroatoms. The number of hydrogen-bond donors (Lipinski definition) is 1. The molecule has 0 bridgehead atoms. The van der Waals surface area contributed by atoms with Crippen LogP contribution in [-0.2, 0) is 6.54 Å². The van der Waals surface area contributed by atoms with E-state index in [9.17, 15) is 4.79 Å². The fourth-order valence-electron chi connectivity index (χ4n) is 2.29. The van der Waals surface area contributed by atoms with Crippen molar-refractivity contribution in [2.24, 2.45) is 0 Å². The monoisotopic (exact) mass is 360 g/mol. The number of carbonyl (C=O) groups is 1. The van der Waals surface area contributed by atoms with Gasteiger partial charge in [-0.1, -0.05) is 58.7 Å². The second kappa shape index (κ2) is 7.03. The van der Waals surface area contributed by atoms with Crippen molar-refractivity contribution in [1.82, 2.24) is 15.0 Å². The highest BCUT2D eigenvalue weighted by atomic mass is 35.5. The fraction of sp³-hybridized carbons (Fsp3) is 0.118. The van der Waals surface area contributed by atoms with E-state index >= 15 is 0 Å². The van der Waals surface area contributed by atoms with Crippen molar-refractivity contribution < 1.29 is 4.79 Å². The van der Waals surface area contributed by atoms with Crippen molar-refractivity contribution in [1.29, 1.82) is 0 Å². The molecule has 24 heavy (non-hydrogen) atoms. The van der Waals surface area contributed by atoms with Crippen molar-refractivity contribution in [3.8, 4) is 0 Å². The molecule has 5 nitrogen and oxygen atoms in total. The molecular weight excluding hydrogens is 347 g/mol. The maximum atomic E-state index is 12.4. The van der Waals surface area contributed by atoms with Crippen LogP contribution in [0, 0.1) is 6.92 Å². The number of nitrogens with zero attached hydrogens (tertiary/aromatic N) is 3. The van der Waals surface area contributed by atoms with Crippen LogP contribution >= 0.6 is 23.2 Å². The highest BCUT2D eigenvalue weighted by molar-refractivity contribution is 6.35. The summed E-state index contributed by atoms with van der Waals surface area (Å²) >= 11 is 11.9. The first-order chi connectivity index (χ1) is 11.5. The fourth-order valence-corrected chi connectivity index (χ4v) is 2.82. The van der Waals surface area contributed by atoms with Gasteiger partial charge in [0.25, 0.3) is 5.91 Å². The van der Waals surface area contributed by atoms with Crippen LogP contribution in [0.15, 0.2) is 48.5 Å². The number of anilines is 1. The zero-order valence-electron chi connectivity index (χ0n) is 12.8. The average Bonchev–Trinajstić information content (AvgIpc) is 2.88. The summed E-state index contributed by atoms with van der Waals surface area (Å²) in [4.78, 5) is 12.4. The lowest BCUT2D eigenvalue weighted by Crippen LogP contribution is -2.14. The summed E-state index contributed by atoms with van der Waals surface area (Å²) in [6, 6.07) is 14.7. The minimum atomic E-state index is -0.356. The molecule has 0 atom stereocenters. The van der Waals surface area contributed by atoms with Gasteiger partial charge in [0.2, 0.25) is 0 Å². The molecule has 2 aromatic carbocycles. The van der Waals surface area contributed by atoms with Crippen molar-refractivity contribution >= 4 is 34.8 Å². The number of aromatic nitrogens is 3. The molecule has 0 radical (unpaired) electrons. The predicted octanol–water partition coefficient (Wildman–Crippen LogP) is 4.19. The minimum Gasteiger partial charge on any atom is -0.320 e. The van der Waals surface area contributed by atoms with E-state index in [1.807, 2.05) is 37.3 Å². The average molecular weight is 361 g/mol. The molecule has 1 aromatic heterocycles. The Hall–Kier alpha value is -2.37. The normalized spacial score (nSPS) is 10.6. The zero-order valence-corrected chi connectivity index (χ0v) is 14.3. The number of nitrogens with one attached hydrogen (secondary N) is 1. The smallest absolute Gasteiger partial charge is 0.278 e. The summed E-state index contributed by atoms with van der Waals surface area (Å²) in [6.07, 6.45) is 0. The zero-order chi connectivity index (χ0) is 17.1. The molecule has 3 aromatic rings.